The number of likely N-dealkylation sites (tertiary alicyclic amines) is 2. The van der Waals surface area contributed by atoms with Crippen LogP contribution in [0.15, 0.2) is 0 Å². The van der Waals surface area contributed by atoms with Gasteiger partial charge in [-0.1, -0.05) is 0 Å². The van der Waals surface area contributed by atoms with E-state index in [1.54, 1.807) is 0 Å². The van der Waals surface area contributed by atoms with Crippen LogP contribution < -0.4 is 10.6 Å². The third-order valence-electron chi connectivity index (χ3n) is 6.77. The molecule has 3 saturated heterocycles. The molecule has 3 rings (SSSR count). The second-order valence-corrected chi connectivity index (χ2v) is 10.8. The molecule has 1 amide bonds. The molecular weight excluding hydrogens is 336 g/mol. The first-order valence-electron chi connectivity index (χ1n) is 11.1. The number of carbonyl (C=O) groups excluding carboxylic acids is 1. The van der Waals surface area contributed by atoms with Gasteiger partial charge in [-0.05, 0) is 98.8 Å². The largest absolute Gasteiger partial charge is 0.352 e. The first-order chi connectivity index (χ1) is 12.6. The van der Waals surface area contributed by atoms with Crippen LogP contribution in [0.3, 0.4) is 0 Å². The van der Waals surface area contributed by atoms with Crippen LogP contribution in [-0.2, 0) is 4.79 Å². The van der Waals surface area contributed by atoms with Gasteiger partial charge in [-0.3, -0.25) is 9.69 Å². The summed E-state index contributed by atoms with van der Waals surface area (Å²) in [5, 5.41) is 7.11. The van der Waals surface area contributed by atoms with Crippen molar-refractivity contribution in [1.29, 1.82) is 0 Å². The van der Waals surface area contributed by atoms with Gasteiger partial charge in [0.1, 0.15) is 0 Å². The third-order valence-corrected chi connectivity index (χ3v) is 6.77. The Balaban J connectivity index is 1.47. The molecule has 5 nitrogen and oxygen atoms in total. The maximum absolute atomic E-state index is 12.8. The predicted molar refractivity (Wildman–Crippen MR) is 112 cm³/mol. The molecule has 3 heterocycles. The number of amides is 1. The van der Waals surface area contributed by atoms with E-state index in [1.165, 1.54) is 38.9 Å². The van der Waals surface area contributed by atoms with Crippen molar-refractivity contribution in [2.75, 3.05) is 33.2 Å². The molecule has 0 aliphatic carbocycles. The first kappa shape index (κ1) is 21.1. The molecule has 156 valence electrons. The molecule has 3 aliphatic heterocycles. The summed E-state index contributed by atoms with van der Waals surface area (Å²) in [5.74, 6) is 0.744. The topological polar surface area (TPSA) is 47.6 Å². The van der Waals surface area contributed by atoms with Gasteiger partial charge in [0.2, 0.25) is 5.91 Å². The summed E-state index contributed by atoms with van der Waals surface area (Å²) < 4.78 is 0. The lowest BCUT2D eigenvalue weighted by Crippen LogP contribution is -2.58. The van der Waals surface area contributed by atoms with Crippen molar-refractivity contribution < 1.29 is 4.79 Å². The predicted octanol–water partition coefficient (Wildman–Crippen LogP) is 2.61. The number of nitrogens with one attached hydrogen (secondary N) is 2. The molecule has 3 aliphatic rings. The van der Waals surface area contributed by atoms with Crippen molar-refractivity contribution in [2.45, 2.75) is 95.8 Å². The fourth-order valence-corrected chi connectivity index (χ4v) is 6.04. The van der Waals surface area contributed by atoms with Gasteiger partial charge in [0.15, 0.2) is 0 Å². The molecule has 0 spiro atoms. The highest BCUT2D eigenvalue weighted by atomic mass is 16.1. The quantitative estimate of drug-likeness (QED) is 0.789. The summed E-state index contributed by atoms with van der Waals surface area (Å²) in [5.41, 5.74) is 0.227. The van der Waals surface area contributed by atoms with E-state index in [2.05, 4.69) is 55.2 Å². The van der Waals surface area contributed by atoms with Gasteiger partial charge in [0.05, 0.1) is 0 Å². The highest BCUT2D eigenvalue weighted by molar-refractivity contribution is 5.76. The van der Waals surface area contributed by atoms with Crippen LogP contribution in [0.1, 0.15) is 72.6 Å². The molecule has 0 unspecified atom stereocenters. The zero-order valence-corrected chi connectivity index (χ0v) is 18.3. The summed E-state index contributed by atoms with van der Waals surface area (Å²) in [7, 11) is 2.22. The molecule has 0 aromatic rings. The second-order valence-electron chi connectivity index (χ2n) is 10.8. The van der Waals surface area contributed by atoms with Gasteiger partial charge < -0.3 is 15.5 Å². The van der Waals surface area contributed by atoms with E-state index in [0.29, 0.717) is 24.4 Å². The molecule has 2 N–H and O–H groups in total. The lowest BCUT2D eigenvalue weighted by molar-refractivity contribution is -0.123. The second kappa shape index (κ2) is 8.38. The molecule has 0 aromatic carbocycles. The Morgan fingerprint density at radius 3 is 2.30 bits per heavy atom. The highest BCUT2D eigenvalue weighted by Gasteiger charge is 2.38. The number of carbonyl (C=O) groups is 1. The molecule has 0 saturated carbocycles. The Morgan fingerprint density at radius 1 is 1.04 bits per heavy atom. The van der Waals surface area contributed by atoms with Crippen LogP contribution in [0.4, 0.5) is 0 Å². The van der Waals surface area contributed by atoms with Crippen molar-refractivity contribution in [3.05, 3.63) is 0 Å². The highest BCUT2D eigenvalue weighted by Crippen LogP contribution is 2.34. The zero-order valence-electron chi connectivity index (χ0n) is 18.3. The van der Waals surface area contributed by atoms with E-state index >= 15 is 0 Å². The van der Waals surface area contributed by atoms with Gasteiger partial charge >= 0.3 is 0 Å². The Morgan fingerprint density at radius 2 is 1.67 bits per heavy atom. The number of rotatable bonds is 4. The molecule has 5 heteroatoms. The van der Waals surface area contributed by atoms with Gasteiger partial charge in [-0.2, -0.15) is 0 Å². The van der Waals surface area contributed by atoms with Gasteiger partial charge in [-0.15, -0.1) is 0 Å². The maximum atomic E-state index is 12.8. The Hall–Kier alpha value is -0.650. The number of hydrogen-bond donors (Lipinski definition) is 2. The minimum atomic E-state index is 0.114. The molecule has 1 atom stereocenters. The molecule has 0 bridgehead atoms. The lowest BCUT2D eigenvalue weighted by Gasteiger charge is -2.46. The number of piperidine rings is 3. The summed E-state index contributed by atoms with van der Waals surface area (Å²) in [6.07, 6.45) is 7.74. The molecule has 27 heavy (non-hydrogen) atoms. The van der Waals surface area contributed by atoms with Crippen molar-refractivity contribution in [1.82, 2.24) is 20.4 Å². The van der Waals surface area contributed by atoms with E-state index in [1.807, 2.05) is 0 Å². The Labute approximate surface area is 166 Å². The van der Waals surface area contributed by atoms with E-state index < -0.39 is 0 Å². The van der Waals surface area contributed by atoms with Crippen molar-refractivity contribution in [3.8, 4) is 0 Å². The van der Waals surface area contributed by atoms with Gasteiger partial charge in [0, 0.05) is 36.1 Å². The molecule has 0 aromatic heterocycles. The van der Waals surface area contributed by atoms with E-state index in [-0.39, 0.29) is 17.0 Å². The van der Waals surface area contributed by atoms with Crippen LogP contribution in [0.2, 0.25) is 0 Å². The number of nitrogens with zero attached hydrogens (tertiary/aromatic N) is 2. The standard InChI is InChI=1S/C22H42N4O/c1-21(2)14-17(15-22(3,4)24-21)13-20(27)23-18-7-6-10-26(16-18)19-8-11-25(5)12-9-19/h17-19,24H,6-16H2,1-5H3,(H,23,27)/t18-/m1/s1. The molecule has 0 radical (unpaired) electrons. The average Bonchev–Trinajstić information content (AvgIpc) is 2.52. The average molecular weight is 379 g/mol. The van der Waals surface area contributed by atoms with E-state index in [9.17, 15) is 4.79 Å². The minimum absolute atomic E-state index is 0.114. The molecule has 3 fully saturated rings. The first-order valence-corrected chi connectivity index (χ1v) is 11.1. The Bertz CT molecular complexity index is 494. The van der Waals surface area contributed by atoms with E-state index in [0.717, 1.165) is 25.8 Å². The van der Waals surface area contributed by atoms with Crippen LogP contribution >= 0.6 is 0 Å². The fourth-order valence-electron chi connectivity index (χ4n) is 6.04. The normalized spacial score (nSPS) is 30.9. The van der Waals surface area contributed by atoms with Crippen LogP contribution in [0.5, 0.6) is 0 Å². The van der Waals surface area contributed by atoms with Crippen LogP contribution in [0.25, 0.3) is 0 Å². The number of hydrogen-bond acceptors (Lipinski definition) is 4. The fraction of sp³-hybridized carbons (Fsp3) is 0.955. The summed E-state index contributed by atoms with van der Waals surface area (Å²) in [4.78, 5) is 17.9. The van der Waals surface area contributed by atoms with Gasteiger partial charge in [-0.25, -0.2) is 0 Å². The van der Waals surface area contributed by atoms with Crippen LogP contribution in [0, 0.1) is 5.92 Å². The summed E-state index contributed by atoms with van der Waals surface area (Å²) in [6, 6.07) is 1.06. The lowest BCUT2D eigenvalue weighted by atomic mass is 9.74. The van der Waals surface area contributed by atoms with Gasteiger partial charge in [0.25, 0.3) is 0 Å². The maximum Gasteiger partial charge on any atom is 0.220 e. The monoisotopic (exact) mass is 378 g/mol. The van der Waals surface area contributed by atoms with Crippen molar-refractivity contribution >= 4 is 5.91 Å². The van der Waals surface area contributed by atoms with E-state index in [4.69, 9.17) is 0 Å². The molecular formula is C22H42N4O. The van der Waals surface area contributed by atoms with Crippen LogP contribution in [-0.4, -0.2) is 72.1 Å². The summed E-state index contributed by atoms with van der Waals surface area (Å²) in [6.45, 7) is 13.7. The minimum Gasteiger partial charge on any atom is -0.352 e. The Kier molecular flexibility index (Phi) is 6.54. The zero-order chi connectivity index (χ0) is 19.7. The van der Waals surface area contributed by atoms with Crippen molar-refractivity contribution in [3.63, 3.8) is 0 Å². The smallest absolute Gasteiger partial charge is 0.220 e. The van der Waals surface area contributed by atoms with Crippen molar-refractivity contribution in [2.24, 2.45) is 5.92 Å². The SMILES string of the molecule is CN1CCC(N2CCC[C@@H](NC(=O)CC3CC(C)(C)NC(C)(C)C3)C2)CC1. The third kappa shape index (κ3) is 6.16. The summed E-state index contributed by atoms with van der Waals surface area (Å²) >= 11 is 0.